The van der Waals surface area contributed by atoms with Crippen molar-refractivity contribution < 1.29 is 38.1 Å². The van der Waals surface area contributed by atoms with Crippen LogP contribution in [0.1, 0.15) is 31.1 Å². The molecule has 0 saturated carbocycles. The number of methoxy groups -OCH3 is 1. The van der Waals surface area contributed by atoms with Crippen molar-refractivity contribution in [3.63, 3.8) is 0 Å². The van der Waals surface area contributed by atoms with E-state index in [1.165, 1.54) is 7.11 Å². The summed E-state index contributed by atoms with van der Waals surface area (Å²) < 4.78 is 28.4. The van der Waals surface area contributed by atoms with Gasteiger partial charge in [-0.05, 0) is 36.4 Å². The normalized spacial score (nSPS) is 23.0. The molecule has 3 aromatic carbocycles. The molecular weight excluding hydrogens is 496 g/mol. The molecule has 1 saturated heterocycles. The van der Waals surface area contributed by atoms with Crippen molar-refractivity contribution in [2.75, 3.05) is 13.7 Å². The summed E-state index contributed by atoms with van der Waals surface area (Å²) in [5.74, 6) is -1.83. The third-order valence-electron chi connectivity index (χ3n) is 5.74. The van der Waals surface area contributed by atoms with E-state index in [4.69, 9.17) is 23.7 Å². The number of benzene rings is 3. The van der Waals surface area contributed by atoms with Crippen LogP contribution in [0.4, 0.5) is 0 Å². The van der Waals surface area contributed by atoms with Crippen LogP contribution >= 0.6 is 12.6 Å². The molecule has 0 amide bonds. The summed E-state index contributed by atoms with van der Waals surface area (Å²) in [6.45, 7) is -0.194. The number of carbonyl (C=O) groups excluding carboxylic acids is 3. The minimum Gasteiger partial charge on any atom is -0.459 e. The molecule has 5 atom stereocenters. The number of hydrogen-bond donors (Lipinski definition) is 1. The van der Waals surface area contributed by atoms with Gasteiger partial charge in [0.1, 0.15) is 12.7 Å². The molecule has 1 aliphatic heterocycles. The van der Waals surface area contributed by atoms with Gasteiger partial charge in [-0.15, -0.1) is 0 Å². The second-order valence-corrected chi connectivity index (χ2v) is 8.80. The highest BCUT2D eigenvalue weighted by Gasteiger charge is 2.50. The van der Waals surface area contributed by atoms with Gasteiger partial charge < -0.3 is 23.7 Å². The fraction of sp³-hybridized carbons (Fsp3) is 0.250. The van der Waals surface area contributed by atoms with Crippen LogP contribution in [0.15, 0.2) is 91.0 Å². The molecule has 1 fully saturated rings. The first-order valence-corrected chi connectivity index (χ1v) is 12.1. The first-order chi connectivity index (χ1) is 18.0. The Morgan fingerprint density at radius 1 is 0.703 bits per heavy atom. The van der Waals surface area contributed by atoms with Crippen LogP contribution in [-0.4, -0.2) is 61.5 Å². The van der Waals surface area contributed by atoms with Crippen LogP contribution < -0.4 is 0 Å². The molecule has 0 aromatic heterocycles. The second kappa shape index (κ2) is 12.5. The van der Waals surface area contributed by atoms with E-state index >= 15 is 0 Å². The Bertz CT molecular complexity index is 1190. The highest BCUT2D eigenvalue weighted by Crippen LogP contribution is 2.31. The largest absolute Gasteiger partial charge is 0.459 e. The molecule has 37 heavy (non-hydrogen) atoms. The molecule has 1 heterocycles. The molecule has 4 rings (SSSR count). The fourth-order valence-electron chi connectivity index (χ4n) is 3.83. The van der Waals surface area contributed by atoms with Gasteiger partial charge in [0.25, 0.3) is 0 Å². The summed E-state index contributed by atoms with van der Waals surface area (Å²) in [6, 6.07) is 25.3. The Morgan fingerprint density at radius 3 is 1.59 bits per heavy atom. The third-order valence-corrected chi connectivity index (χ3v) is 6.37. The molecule has 3 aromatic rings. The molecule has 0 unspecified atom stereocenters. The summed E-state index contributed by atoms with van der Waals surface area (Å²) in [5, 5.41) is -0.823. The summed E-state index contributed by atoms with van der Waals surface area (Å²) in [7, 11) is 1.37. The SMILES string of the molecule is CO[C@H]1O[C@H](COC(=O)c2ccccc2)[C@@H](S)[C@H](OC(=O)c2ccccc2)[C@H]1OC(=O)c1ccccc1. The average molecular weight is 523 g/mol. The van der Waals surface area contributed by atoms with E-state index < -0.39 is 47.8 Å². The summed E-state index contributed by atoms with van der Waals surface area (Å²) in [5.41, 5.74) is 0.989. The minimum absolute atomic E-state index is 0.194. The number of esters is 3. The van der Waals surface area contributed by atoms with E-state index in [-0.39, 0.29) is 6.61 Å². The molecule has 9 heteroatoms. The predicted molar refractivity (Wildman–Crippen MR) is 136 cm³/mol. The molecule has 0 N–H and O–H groups in total. The van der Waals surface area contributed by atoms with E-state index in [2.05, 4.69) is 12.6 Å². The lowest BCUT2D eigenvalue weighted by molar-refractivity contribution is -0.258. The smallest absolute Gasteiger partial charge is 0.338 e. The van der Waals surface area contributed by atoms with Gasteiger partial charge >= 0.3 is 17.9 Å². The summed E-state index contributed by atoms with van der Waals surface area (Å²) in [6.07, 6.45) is -4.18. The zero-order valence-electron chi connectivity index (χ0n) is 20.0. The van der Waals surface area contributed by atoms with Crippen molar-refractivity contribution in [3.05, 3.63) is 108 Å². The number of rotatable bonds is 8. The quantitative estimate of drug-likeness (QED) is 0.270. The monoisotopic (exact) mass is 522 g/mol. The molecule has 1 aliphatic rings. The van der Waals surface area contributed by atoms with Gasteiger partial charge in [-0.3, -0.25) is 0 Å². The van der Waals surface area contributed by atoms with E-state index in [0.717, 1.165) is 0 Å². The Labute approximate surface area is 219 Å². The van der Waals surface area contributed by atoms with Crippen LogP contribution in [0, 0.1) is 0 Å². The Hall–Kier alpha value is -3.66. The van der Waals surface area contributed by atoms with Crippen molar-refractivity contribution in [2.45, 2.75) is 29.9 Å². The van der Waals surface area contributed by atoms with Crippen LogP contribution in [0.2, 0.25) is 0 Å². The molecule has 0 aliphatic carbocycles. The molecule has 192 valence electrons. The molecule has 0 bridgehead atoms. The van der Waals surface area contributed by atoms with Crippen LogP contribution in [-0.2, 0) is 23.7 Å². The van der Waals surface area contributed by atoms with Gasteiger partial charge in [0, 0.05) is 7.11 Å². The standard InChI is InChI=1S/C28H26O8S/c1-32-28-23(36-27(31)20-15-9-4-10-16-20)22(35-26(30)19-13-7-3-8-14-19)24(37)21(34-28)17-33-25(29)18-11-5-2-6-12-18/h2-16,21-24,28,37H,17H2,1H3/t21-,22-,23-,24-,28+/m1/s1. The molecule has 0 spiro atoms. The Kier molecular flexibility index (Phi) is 8.95. The highest BCUT2D eigenvalue weighted by atomic mass is 32.1. The maximum Gasteiger partial charge on any atom is 0.338 e. The lowest BCUT2D eigenvalue weighted by Crippen LogP contribution is -2.60. The van der Waals surface area contributed by atoms with Crippen molar-refractivity contribution >= 4 is 30.5 Å². The van der Waals surface area contributed by atoms with E-state index in [9.17, 15) is 14.4 Å². The highest BCUT2D eigenvalue weighted by molar-refractivity contribution is 7.81. The van der Waals surface area contributed by atoms with Gasteiger partial charge in [0.2, 0.25) is 0 Å². The lowest BCUT2D eigenvalue weighted by Gasteiger charge is -2.43. The van der Waals surface area contributed by atoms with Gasteiger partial charge in [-0.1, -0.05) is 54.6 Å². The summed E-state index contributed by atoms with van der Waals surface area (Å²) in [4.78, 5) is 38.3. The topological polar surface area (TPSA) is 97.4 Å². The Balaban J connectivity index is 1.55. The van der Waals surface area contributed by atoms with Crippen molar-refractivity contribution in [1.29, 1.82) is 0 Å². The number of thiol groups is 1. The number of hydrogen-bond acceptors (Lipinski definition) is 9. The minimum atomic E-state index is -1.14. The van der Waals surface area contributed by atoms with E-state index in [0.29, 0.717) is 16.7 Å². The van der Waals surface area contributed by atoms with Crippen molar-refractivity contribution in [3.8, 4) is 0 Å². The van der Waals surface area contributed by atoms with E-state index in [1.54, 1.807) is 91.0 Å². The fourth-order valence-corrected chi connectivity index (χ4v) is 4.21. The molecule has 0 radical (unpaired) electrons. The average Bonchev–Trinajstić information content (AvgIpc) is 2.95. The predicted octanol–water partition coefficient (Wildman–Crippen LogP) is 3.96. The van der Waals surface area contributed by atoms with Gasteiger partial charge in [-0.2, -0.15) is 12.6 Å². The first-order valence-electron chi connectivity index (χ1n) is 11.6. The zero-order valence-corrected chi connectivity index (χ0v) is 20.9. The number of ether oxygens (including phenoxy) is 5. The van der Waals surface area contributed by atoms with Crippen molar-refractivity contribution in [2.24, 2.45) is 0 Å². The second-order valence-electron chi connectivity index (χ2n) is 8.21. The summed E-state index contributed by atoms with van der Waals surface area (Å²) >= 11 is 4.64. The van der Waals surface area contributed by atoms with E-state index in [1.807, 2.05) is 0 Å². The van der Waals surface area contributed by atoms with Crippen molar-refractivity contribution in [1.82, 2.24) is 0 Å². The molecule has 8 nitrogen and oxygen atoms in total. The van der Waals surface area contributed by atoms with Crippen LogP contribution in [0.3, 0.4) is 0 Å². The van der Waals surface area contributed by atoms with Gasteiger partial charge in [0.05, 0.1) is 21.9 Å². The lowest BCUT2D eigenvalue weighted by atomic mass is 10.0. The first kappa shape index (κ1) is 26.4. The third kappa shape index (κ3) is 6.56. The number of carbonyl (C=O) groups is 3. The van der Waals surface area contributed by atoms with Crippen LogP contribution in [0.25, 0.3) is 0 Å². The molecular formula is C28H26O8S. The maximum atomic E-state index is 12.9. The Morgan fingerprint density at radius 2 is 1.14 bits per heavy atom. The van der Waals surface area contributed by atoms with Gasteiger partial charge in [0.15, 0.2) is 18.5 Å². The zero-order chi connectivity index (χ0) is 26.2. The maximum absolute atomic E-state index is 12.9. The van der Waals surface area contributed by atoms with Crippen LogP contribution in [0.5, 0.6) is 0 Å². The van der Waals surface area contributed by atoms with Gasteiger partial charge in [-0.25, -0.2) is 14.4 Å².